The molecule has 166 valence electrons. The molecule has 0 aliphatic carbocycles. The van der Waals surface area contributed by atoms with Crippen LogP contribution in [0.3, 0.4) is 0 Å². The van der Waals surface area contributed by atoms with Gasteiger partial charge in [0.25, 0.3) is 0 Å². The molecule has 29 heavy (non-hydrogen) atoms. The van der Waals surface area contributed by atoms with Crippen molar-refractivity contribution < 1.29 is 50.3 Å². The first-order valence-electron chi connectivity index (χ1n) is 9.06. The third-order valence-electron chi connectivity index (χ3n) is 4.59. The fourth-order valence-corrected chi connectivity index (χ4v) is 2.85. The number of anilines is 1. The van der Waals surface area contributed by atoms with E-state index >= 15 is 0 Å². The normalized spacial score (nSPS) is 31.7. The van der Waals surface area contributed by atoms with Gasteiger partial charge in [0.05, 0.1) is 19.3 Å². The summed E-state index contributed by atoms with van der Waals surface area (Å²) in [6.45, 7) is -1.73. The van der Waals surface area contributed by atoms with Crippen LogP contribution in [-0.2, 0) is 9.47 Å². The molecule has 2 rings (SSSR count). The van der Waals surface area contributed by atoms with E-state index in [9.17, 15) is 40.9 Å². The minimum atomic E-state index is -1.78. The van der Waals surface area contributed by atoms with Crippen molar-refractivity contribution in [3.05, 3.63) is 24.4 Å². The van der Waals surface area contributed by atoms with E-state index in [0.717, 1.165) is 0 Å². The van der Waals surface area contributed by atoms with Crippen molar-refractivity contribution in [3.63, 3.8) is 0 Å². The van der Waals surface area contributed by atoms with E-state index in [1.54, 1.807) is 18.2 Å². The van der Waals surface area contributed by atoms with E-state index in [2.05, 4.69) is 10.3 Å². The van der Waals surface area contributed by atoms with Crippen molar-refractivity contribution in [1.29, 1.82) is 0 Å². The number of pyridine rings is 1. The molecular weight excluding hydrogens is 392 g/mol. The number of nitrogens with zero attached hydrogens (tertiary/aromatic N) is 1. The van der Waals surface area contributed by atoms with Gasteiger partial charge in [-0.05, 0) is 12.1 Å². The van der Waals surface area contributed by atoms with Gasteiger partial charge in [0.2, 0.25) is 0 Å². The van der Waals surface area contributed by atoms with Gasteiger partial charge in [0.1, 0.15) is 48.5 Å². The molecular formula is C17H28N2O10. The van der Waals surface area contributed by atoms with Crippen LogP contribution in [0.2, 0.25) is 0 Å². The highest BCUT2D eigenvalue weighted by molar-refractivity contribution is 5.33. The molecule has 0 radical (unpaired) electrons. The molecule has 1 saturated heterocycles. The van der Waals surface area contributed by atoms with Gasteiger partial charge in [-0.25, -0.2) is 4.98 Å². The van der Waals surface area contributed by atoms with Gasteiger partial charge in [-0.3, -0.25) is 0 Å². The van der Waals surface area contributed by atoms with E-state index in [0.29, 0.717) is 5.82 Å². The summed E-state index contributed by atoms with van der Waals surface area (Å²) in [6, 6.07) is 5.03. The van der Waals surface area contributed by atoms with Crippen molar-refractivity contribution in [2.45, 2.75) is 55.1 Å². The van der Waals surface area contributed by atoms with Gasteiger partial charge < -0.3 is 55.6 Å². The maximum Gasteiger partial charge on any atom is 0.187 e. The van der Waals surface area contributed by atoms with Crippen LogP contribution in [0.15, 0.2) is 24.4 Å². The molecule has 1 fully saturated rings. The van der Waals surface area contributed by atoms with Gasteiger partial charge in [0, 0.05) is 12.7 Å². The first-order chi connectivity index (χ1) is 13.8. The second-order valence-corrected chi connectivity index (χ2v) is 6.70. The Morgan fingerprint density at radius 3 is 2.34 bits per heavy atom. The van der Waals surface area contributed by atoms with Crippen LogP contribution in [0.5, 0.6) is 0 Å². The van der Waals surface area contributed by atoms with Crippen molar-refractivity contribution in [3.8, 4) is 0 Å². The molecule has 1 aromatic heterocycles. The minimum Gasteiger partial charge on any atom is -0.394 e. The molecule has 1 aliphatic heterocycles. The second kappa shape index (κ2) is 11.1. The van der Waals surface area contributed by atoms with Crippen LogP contribution >= 0.6 is 0 Å². The number of ether oxygens (including phenoxy) is 2. The minimum absolute atomic E-state index is 0.190. The summed E-state index contributed by atoms with van der Waals surface area (Å²) < 4.78 is 10.5. The van der Waals surface area contributed by atoms with Crippen LogP contribution in [-0.4, -0.2) is 121 Å². The van der Waals surface area contributed by atoms with Crippen molar-refractivity contribution in [1.82, 2.24) is 4.98 Å². The molecule has 2 heterocycles. The molecule has 9 N–H and O–H groups in total. The standard InChI is InChI=1S/C17H28N2O10/c20-6-9(23)16(12(24)8(22)5-19-11-3-1-2-4-18-11)29-17-15(27)14(26)13(25)10(7-21)28-17/h1-4,8-10,12-17,20-27H,5-7H2,(H,18,19)/t8-,9-,10-,12-,13+,14+,15-,16-,17+/m1/s1. The molecule has 1 aromatic rings. The van der Waals surface area contributed by atoms with E-state index in [1.165, 1.54) is 6.20 Å². The predicted molar refractivity (Wildman–Crippen MR) is 96.5 cm³/mol. The van der Waals surface area contributed by atoms with Crippen molar-refractivity contribution in [2.24, 2.45) is 0 Å². The SMILES string of the molecule is OC[C@@H](O)[C@@H](O[C@@H]1O[C@H](CO)[C@H](O)[C@H](O)[C@H]1O)[C@H](O)[C@H](O)CNc1ccccn1. The van der Waals surface area contributed by atoms with Crippen molar-refractivity contribution >= 4 is 5.82 Å². The Bertz CT molecular complexity index is 595. The number of aromatic nitrogens is 1. The highest BCUT2D eigenvalue weighted by Crippen LogP contribution is 2.25. The Labute approximate surface area is 166 Å². The number of aliphatic hydroxyl groups excluding tert-OH is 8. The summed E-state index contributed by atoms with van der Waals surface area (Å²) in [7, 11) is 0. The number of rotatable bonds is 10. The Kier molecular flexibility index (Phi) is 9.10. The Morgan fingerprint density at radius 1 is 1.03 bits per heavy atom. The van der Waals surface area contributed by atoms with Gasteiger partial charge in [-0.2, -0.15) is 0 Å². The predicted octanol–water partition coefficient (Wildman–Crippen LogP) is -4.25. The molecule has 0 bridgehead atoms. The molecule has 0 amide bonds. The van der Waals surface area contributed by atoms with Gasteiger partial charge in [-0.1, -0.05) is 6.07 Å². The van der Waals surface area contributed by atoms with Crippen LogP contribution in [0.25, 0.3) is 0 Å². The van der Waals surface area contributed by atoms with E-state index < -0.39 is 68.3 Å². The third-order valence-corrected chi connectivity index (χ3v) is 4.59. The third kappa shape index (κ3) is 6.02. The average molecular weight is 420 g/mol. The van der Waals surface area contributed by atoms with Crippen LogP contribution in [0.4, 0.5) is 5.82 Å². The maximum atomic E-state index is 10.4. The van der Waals surface area contributed by atoms with Gasteiger partial charge in [0.15, 0.2) is 6.29 Å². The number of nitrogens with one attached hydrogen (secondary N) is 1. The van der Waals surface area contributed by atoms with Gasteiger partial charge in [-0.15, -0.1) is 0 Å². The van der Waals surface area contributed by atoms with Crippen LogP contribution < -0.4 is 5.32 Å². The lowest BCUT2D eigenvalue weighted by molar-refractivity contribution is -0.326. The highest BCUT2D eigenvalue weighted by Gasteiger charge is 2.46. The average Bonchev–Trinajstić information content (AvgIpc) is 2.75. The highest BCUT2D eigenvalue weighted by atomic mass is 16.7. The molecule has 0 aromatic carbocycles. The summed E-state index contributed by atoms with van der Waals surface area (Å²) in [6.07, 6.45) is -13.1. The molecule has 12 heteroatoms. The Hall–Kier alpha value is -1.45. The zero-order valence-electron chi connectivity index (χ0n) is 15.5. The summed E-state index contributed by atoms with van der Waals surface area (Å²) in [5.41, 5.74) is 0. The molecule has 9 atom stereocenters. The number of hydrogen-bond donors (Lipinski definition) is 9. The number of aliphatic hydroxyl groups is 8. The quantitative estimate of drug-likeness (QED) is 0.176. The maximum absolute atomic E-state index is 10.4. The monoisotopic (exact) mass is 420 g/mol. The largest absolute Gasteiger partial charge is 0.394 e. The van der Waals surface area contributed by atoms with Crippen LogP contribution in [0, 0.1) is 0 Å². The lowest BCUT2D eigenvalue weighted by atomic mass is 9.98. The lowest BCUT2D eigenvalue weighted by Gasteiger charge is -2.42. The summed E-state index contributed by atoms with van der Waals surface area (Å²) >= 11 is 0. The Balaban J connectivity index is 2.05. The first kappa shape index (κ1) is 23.8. The molecule has 0 saturated carbocycles. The lowest BCUT2D eigenvalue weighted by Crippen LogP contribution is -2.61. The zero-order chi connectivity index (χ0) is 21.6. The fraction of sp³-hybridized carbons (Fsp3) is 0.706. The summed E-state index contributed by atoms with van der Waals surface area (Å²) in [5, 5.41) is 81.6. The fourth-order valence-electron chi connectivity index (χ4n) is 2.85. The van der Waals surface area contributed by atoms with Gasteiger partial charge >= 0.3 is 0 Å². The van der Waals surface area contributed by atoms with E-state index in [-0.39, 0.29) is 6.54 Å². The summed E-state index contributed by atoms with van der Waals surface area (Å²) in [5.74, 6) is 0.424. The van der Waals surface area contributed by atoms with Crippen molar-refractivity contribution in [2.75, 3.05) is 25.1 Å². The topological polar surface area (TPSA) is 205 Å². The number of hydrogen-bond acceptors (Lipinski definition) is 12. The van der Waals surface area contributed by atoms with Crippen LogP contribution in [0.1, 0.15) is 0 Å². The van der Waals surface area contributed by atoms with E-state index in [4.69, 9.17) is 9.47 Å². The summed E-state index contributed by atoms with van der Waals surface area (Å²) in [4.78, 5) is 3.99. The first-order valence-corrected chi connectivity index (χ1v) is 9.06. The second-order valence-electron chi connectivity index (χ2n) is 6.70. The van der Waals surface area contributed by atoms with E-state index in [1.807, 2.05) is 0 Å². The molecule has 1 aliphatic rings. The molecule has 12 nitrogen and oxygen atoms in total. The smallest absolute Gasteiger partial charge is 0.187 e. The Morgan fingerprint density at radius 2 is 1.76 bits per heavy atom. The molecule has 0 unspecified atom stereocenters. The molecule has 0 spiro atoms. The zero-order valence-corrected chi connectivity index (χ0v) is 15.5.